The monoisotopic (exact) mass is 522 g/mol. The zero-order valence-corrected chi connectivity index (χ0v) is 19.9. The predicted octanol–water partition coefficient (Wildman–Crippen LogP) is 6.59. The van der Waals surface area contributed by atoms with E-state index in [2.05, 4.69) is 4.98 Å². The molecule has 7 nitrogen and oxygen atoms in total. The number of Topliss-reactive ketones (excluding diaryl/α,β-unsaturated/α-hetero) is 1. The Morgan fingerprint density at radius 2 is 1.47 bits per heavy atom. The number of nitrogens with zero attached hydrogens (tertiary/aromatic N) is 2. The van der Waals surface area contributed by atoms with Gasteiger partial charge >= 0.3 is 11.9 Å². The first-order valence-electron chi connectivity index (χ1n) is 11.4. The number of nitro benzene ring substituents is 1. The van der Waals surface area contributed by atoms with Crippen LogP contribution in [-0.4, -0.2) is 15.7 Å². The predicted molar refractivity (Wildman–Crippen MR) is 132 cm³/mol. The standard InChI is InChI=1S/C28H21F3N2O5/c29-28(30,31)27-21(12-7-13-32-27)15-24(34)22-14-23(33(35)36)26(38-18-20-10-5-2-6-11-20)25(16-22)37-17-19-8-3-1-4-9-19/h1-14,16H,15,17-18H2. The molecule has 1 aromatic heterocycles. The highest BCUT2D eigenvalue weighted by molar-refractivity contribution is 5.99. The molecule has 1 heterocycles. The molecule has 0 atom stereocenters. The first-order valence-corrected chi connectivity index (χ1v) is 11.4. The van der Waals surface area contributed by atoms with Crippen LogP contribution in [0.2, 0.25) is 0 Å². The van der Waals surface area contributed by atoms with E-state index in [4.69, 9.17) is 9.47 Å². The molecule has 0 unspecified atom stereocenters. The molecule has 3 aromatic carbocycles. The van der Waals surface area contributed by atoms with E-state index in [0.29, 0.717) is 0 Å². The van der Waals surface area contributed by atoms with Crippen molar-refractivity contribution in [3.63, 3.8) is 0 Å². The van der Waals surface area contributed by atoms with Crippen LogP contribution in [0.25, 0.3) is 0 Å². The first-order chi connectivity index (χ1) is 18.2. The highest BCUT2D eigenvalue weighted by Crippen LogP contribution is 2.40. The van der Waals surface area contributed by atoms with Crippen LogP contribution in [0.1, 0.15) is 32.7 Å². The maximum atomic E-state index is 13.4. The van der Waals surface area contributed by atoms with Gasteiger partial charge in [0.15, 0.2) is 11.5 Å². The van der Waals surface area contributed by atoms with Gasteiger partial charge in [-0.1, -0.05) is 66.7 Å². The van der Waals surface area contributed by atoms with Gasteiger partial charge in [0.2, 0.25) is 5.75 Å². The molecule has 0 spiro atoms. The van der Waals surface area contributed by atoms with Crippen molar-refractivity contribution in [3.8, 4) is 11.5 Å². The summed E-state index contributed by atoms with van der Waals surface area (Å²) < 4.78 is 51.8. The van der Waals surface area contributed by atoms with Gasteiger partial charge in [-0.3, -0.25) is 19.9 Å². The first kappa shape index (κ1) is 26.3. The Bertz CT molecular complexity index is 1430. The molecule has 38 heavy (non-hydrogen) atoms. The Kier molecular flexibility index (Phi) is 8.00. The molecule has 0 fully saturated rings. The fraction of sp³-hybridized carbons (Fsp3) is 0.143. The van der Waals surface area contributed by atoms with Crippen molar-refractivity contribution in [1.82, 2.24) is 4.98 Å². The van der Waals surface area contributed by atoms with Gasteiger partial charge in [0.25, 0.3) is 0 Å². The summed E-state index contributed by atoms with van der Waals surface area (Å²) in [6.45, 7) is -0.000536. The van der Waals surface area contributed by atoms with Gasteiger partial charge in [-0.15, -0.1) is 0 Å². The van der Waals surface area contributed by atoms with Crippen LogP contribution in [0.4, 0.5) is 18.9 Å². The van der Waals surface area contributed by atoms with Crippen LogP contribution in [0.3, 0.4) is 0 Å². The van der Waals surface area contributed by atoms with Gasteiger partial charge in [-0.25, -0.2) is 0 Å². The summed E-state index contributed by atoms with van der Waals surface area (Å²) >= 11 is 0. The second-order valence-electron chi connectivity index (χ2n) is 8.24. The van der Waals surface area contributed by atoms with Crippen molar-refractivity contribution in [3.05, 3.63) is 129 Å². The normalized spacial score (nSPS) is 11.1. The van der Waals surface area contributed by atoms with Crippen molar-refractivity contribution in [2.45, 2.75) is 25.8 Å². The number of carbonyl (C=O) groups is 1. The van der Waals surface area contributed by atoms with Gasteiger partial charge < -0.3 is 9.47 Å². The minimum absolute atomic E-state index is 0.0121. The van der Waals surface area contributed by atoms with Gasteiger partial charge in [0.05, 0.1) is 4.92 Å². The summed E-state index contributed by atoms with van der Waals surface area (Å²) in [5.41, 5.74) is -0.769. The summed E-state index contributed by atoms with van der Waals surface area (Å²) in [6.07, 6.45) is -4.44. The van der Waals surface area contributed by atoms with E-state index in [-0.39, 0.29) is 35.8 Å². The highest BCUT2D eigenvalue weighted by atomic mass is 19.4. The number of aromatic nitrogens is 1. The van der Waals surface area contributed by atoms with Crippen molar-refractivity contribution in [2.24, 2.45) is 0 Å². The van der Waals surface area contributed by atoms with E-state index < -0.39 is 34.7 Å². The molecule has 0 saturated carbocycles. The lowest BCUT2D eigenvalue weighted by Gasteiger charge is -2.15. The number of ketones is 1. The Hall–Kier alpha value is -4.73. The zero-order valence-electron chi connectivity index (χ0n) is 19.9. The fourth-order valence-corrected chi connectivity index (χ4v) is 3.71. The van der Waals surface area contributed by atoms with Crippen molar-refractivity contribution < 1.29 is 32.4 Å². The third-order valence-electron chi connectivity index (χ3n) is 5.53. The van der Waals surface area contributed by atoms with Crippen molar-refractivity contribution in [1.29, 1.82) is 0 Å². The Morgan fingerprint density at radius 1 is 0.868 bits per heavy atom. The lowest BCUT2D eigenvalue weighted by molar-refractivity contribution is -0.386. The number of alkyl halides is 3. The average Bonchev–Trinajstić information content (AvgIpc) is 2.91. The minimum atomic E-state index is -4.76. The second-order valence-corrected chi connectivity index (χ2v) is 8.24. The number of carbonyl (C=O) groups excluding carboxylic acids is 1. The molecular weight excluding hydrogens is 501 g/mol. The second kappa shape index (κ2) is 11.5. The van der Waals surface area contributed by atoms with Crippen LogP contribution in [-0.2, 0) is 25.8 Å². The van der Waals surface area contributed by atoms with Crippen LogP contribution < -0.4 is 9.47 Å². The number of hydrogen-bond acceptors (Lipinski definition) is 6. The van der Waals surface area contributed by atoms with E-state index in [1.54, 1.807) is 48.5 Å². The molecule has 0 aliphatic rings. The van der Waals surface area contributed by atoms with Gasteiger partial charge in [-0.05, 0) is 28.8 Å². The molecule has 4 rings (SSSR count). The van der Waals surface area contributed by atoms with Crippen LogP contribution in [0, 0.1) is 10.1 Å². The molecule has 0 aliphatic carbocycles. The Balaban J connectivity index is 1.70. The summed E-state index contributed by atoms with van der Waals surface area (Å²) in [4.78, 5) is 27.7. The van der Waals surface area contributed by atoms with Gasteiger partial charge in [0, 0.05) is 24.2 Å². The molecule has 0 amide bonds. The number of halogens is 3. The largest absolute Gasteiger partial charge is 0.485 e. The van der Waals surface area contributed by atoms with Crippen molar-refractivity contribution in [2.75, 3.05) is 0 Å². The minimum Gasteiger partial charge on any atom is -0.485 e. The molecule has 0 saturated heterocycles. The molecule has 0 N–H and O–H groups in total. The van der Waals surface area contributed by atoms with Crippen LogP contribution in [0.5, 0.6) is 11.5 Å². The maximum absolute atomic E-state index is 13.4. The quantitative estimate of drug-likeness (QED) is 0.133. The number of hydrogen-bond donors (Lipinski definition) is 0. The SMILES string of the molecule is O=C(Cc1cccnc1C(F)(F)F)c1cc(OCc2ccccc2)c(OCc2ccccc2)c([N+](=O)[O-])c1. The number of benzene rings is 3. The van der Waals surface area contributed by atoms with Gasteiger partial charge in [0.1, 0.15) is 18.9 Å². The number of nitro groups is 1. The highest BCUT2D eigenvalue weighted by Gasteiger charge is 2.35. The molecule has 10 heteroatoms. The van der Waals surface area contributed by atoms with Crippen LogP contribution >= 0.6 is 0 Å². The van der Waals surface area contributed by atoms with Gasteiger partial charge in [-0.2, -0.15) is 13.2 Å². The number of rotatable bonds is 10. The van der Waals surface area contributed by atoms with Crippen LogP contribution in [0.15, 0.2) is 91.1 Å². The summed E-state index contributed by atoms with van der Waals surface area (Å²) in [5.74, 6) is -1.04. The summed E-state index contributed by atoms with van der Waals surface area (Å²) in [6, 6.07) is 22.6. The van der Waals surface area contributed by atoms with E-state index in [1.165, 1.54) is 12.1 Å². The molecular formula is C28H21F3N2O5. The average molecular weight is 522 g/mol. The number of ether oxygens (including phenoxy) is 2. The lowest BCUT2D eigenvalue weighted by atomic mass is 10.0. The Labute approximate surface area is 215 Å². The van der Waals surface area contributed by atoms with E-state index >= 15 is 0 Å². The fourth-order valence-electron chi connectivity index (χ4n) is 3.71. The summed E-state index contributed by atoms with van der Waals surface area (Å²) in [7, 11) is 0. The topological polar surface area (TPSA) is 91.6 Å². The molecule has 0 radical (unpaired) electrons. The molecule has 194 valence electrons. The third kappa shape index (κ3) is 6.52. The summed E-state index contributed by atoms with van der Waals surface area (Å²) in [5, 5.41) is 12.0. The Morgan fingerprint density at radius 3 is 2.05 bits per heavy atom. The molecule has 0 bridgehead atoms. The zero-order chi connectivity index (χ0) is 27.1. The smallest absolute Gasteiger partial charge is 0.433 e. The number of pyridine rings is 1. The van der Waals surface area contributed by atoms with E-state index in [1.807, 2.05) is 12.1 Å². The van der Waals surface area contributed by atoms with E-state index in [9.17, 15) is 28.1 Å². The third-order valence-corrected chi connectivity index (χ3v) is 5.53. The molecule has 0 aliphatic heterocycles. The van der Waals surface area contributed by atoms with E-state index in [0.717, 1.165) is 29.5 Å². The maximum Gasteiger partial charge on any atom is 0.433 e. The van der Waals surface area contributed by atoms with Crippen molar-refractivity contribution >= 4 is 11.5 Å². The molecule has 4 aromatic rings. The lowest BCUT2D eigenvalue weighted by Crippen LogP contribution is -2.15.